The van der Waals surface area contributed by atoms with Gasteiger partial charge >= 0.3 is 0 Å². The van der Waals surface area contributed by atoms with Crippen molar-refractivity contribution in [3.05, 3.63) is 51.5 Å². The average Bonchev–Trinajstić information content (AvgIpc) is 3.06. The molecule has 0 atom stereocenters. The maximum absolute atomic E-state index is 12.9. The fourth-order valence-electron chi connectivity index (χ4n) is 3.52. The molecule has 3 aromatic rings. The third-order valence-electron chi connectivity index (χ3n) is 4.96. The second kappa shape index (κ2) is 7.41. The van der Waals surface area contributed by atoms with E-state index < -0.39 is 0 Å². The minimum Gasteiger partial charge on any atom is -0.338 e. The topological polar surface area (TPSA) is 38.1 Å². The van der Waals surface area contributed by atoms with E-state index in [-0.39, 0.29) is 5.91 Å². The first-order chi connectivity index (χ1) is 12.6. The number of carbonyl (C=O) groups excluding carboxylic acids is 1. The normalized spacial score (nSPS) is 15.4. The summed E-state index contributed by atoms with van der Waals surface area (Å²) in [6.45, 7) is 4.44. The molecule has 0 saturated carbocycles. The number of aryl methyl sites for hydroxylation is 1. The Kier molecular flexibility index (Phi) is 5.00. The first-order valence-corrected chi connectivity index (χ1v) is 10.3. The van der Waals surface area contributed by atoms with Crippen LogP contribution in [0.15, 0.2) is 30.3 Å². The summed E-state index contributed by atoms with van der Waals surface area (Å²) in [5.74, 6) is 0.172. The summed E-state index contributed by atoms with van der Waals surface area (Å²) in [5, 5.41) is 6.48. The Hall–Kier alpha value is -1.85. The molecule has 3 heterocycles. The number of aromatic nitrogens is 2. The zero-order valence-corrected chi connectivity index (χ0v) is 16.4. The Balaban J connectivity index is 1.62. The van der Waals surface area contributed by atoms with Gasteiger partial charge in [0, 0.05) is 23.5 Å². The zero-order valence-electron chi connectivity index (χ0n) is 14.9. The molecule has 1 aromatic carbocycles. The highest BCUT2D eigenvalue weighted by Gasteiger charge is 2.21. The largest absolute Gasteiger partial charge is 0.338 e. The summed E-state index contributed by atoms with van der Waals surface area (Å²) in [4.78, 5) is 16.8. The van der Waals surface area contributed by atoms with E-state index >= 15 is 0 Å². The van der Waals surface area contributed by atoms with Gasteiger partial charge in [-0.25, -0.2) is 0 Å². The molecule has 1 aliphatic heterocycles. The van der Waals surface area contributed by atoms with Crippen molar-refractivity contribution in [3.8, 4) is 0 Å². The van der Waals surface area contributed by atoms with Crippen molar-refractivity contribution in [1.82, 2.24) is 14.7 Å². The fraction of sp³-hybridized carbons (Fsp3) is 0.400. The van der Waals surface area contributed by atoms with Crippen LogP contribution < -0.4 is 0 Å². The van der Waals surface area contributed by atoms with Crippen molar-refractivity contribution < 1.29 is 4.79 Å². The highest BCUT2D eigenvalue weighted by atomic mass is 35.5. The summed E-state index contributed by atoms with van der Waals surface area (Å²) < 4.78 is 2.00. The van der Waals surface area contributed by atoms with Gasteiger partial charge in [0.25, 0.3) is 5.91 Å². The molecule has 1 saturated heterocycles. The number of amides is 1. The highest BCUT2D eigenvalue weighted by molar-refractivity contribution is 7.20. The first kappa shape index (κ1) is 17.6. The lowest BCUT2D eigenvalue weighted by Gasteiger charge is -2.19. The third kappa shape index (κ3) is 3.51. The maximum atomic E-state index is 12.9. The second-order valence-electron chi connectivity index (χ2n) is 6.91. The molecule has 136 valence electrons. The number of likely N-dealkylation sites (tertiary alicyclic amines) is 1. The second-order valence-corrected chi connectivity index (χ2v) is 8.37. The van der Waals surface area contributed by atoms with Gasteiger partial charge in [-0.3, -0.25) is 9.48 Å². The van der Waals surface area contributed by atoms with E-state index in [4.69, 9.17) is 11.6 Å². The number of thiophene rings is 1. The Morgan fingerprint density at radius 3 is 2.54 bits per heavy atom. The molecule has 1 aliphatic rings. The molecule has 0 spiro atoms. The monoisotopic (exact) mass is 387 g/mol. The molecule has 4 nitrogen and oxygen atoms in total. The van der Waals surface area contributed by atoms with Crippen LogP contribution in [0.4, 0.5) is 0 Å². The Labute approximate surface area is 162 Å². The van der Waals surface area contributed by atoms with Gasteiger partial charge in [0.15, 0.2) is 0 Å². The molecule has 0 N–H and O–H groups in total. The molecule has 0 radical (unpaired) electrons. The van der Waals surface area contributed by atoms with Crippen LogP contribution in [0.25, 0.3) is 10.2 Å². The smallest absolute Gasteiger partial charge is 0.264 e. The number of nitrogens with zero attached hydrogens (tertiary/aromatic N) is 3. The molecule has 0 aliphatic carbocycles. The van der Waals surface area contributed by atoms with Gasteiger partial charge in [-0.05, 0) is 43.5 Å². The fourth-order valence-corrected chi connectivity index (χ4v) is 4.77. The van der Waals surface area contributed by atoms with Crippen molar-refractivity contribution in [1.29, 1.82) is 0 Å². The van der Waals surface area contributed by atoms with Crippen LogP contribution in [0.5, 0.6) is 0 Å². The van der Waals surface area contributed by atoms with E-state index in [1.165, 1.54) is 12.8 Å². The van der Waals surface area contributed by atoms with Crippen LogP contribution >= 0.6 is 22.9 Å². The molecule has 0 bridgehead atoms. The van der Waals surface area contributed by atoms with Crippen LogP contribution in [-0.2, 0) is 6.54 Å². The molecule has 4 rings (SSSR count). The number of fused-ring (bicyclic) bond motifs is 1. The van der Waals surface area contributed by atoms with Crippen LogP contribution in [0.2, 0.25) is 5.02 Å². The van der Waals surface area contributed by atoms with Crippen molar-refractivity contribution in [2.24, 2.45) is 0 Å². The third-order valence-corrected chi connectivity index (χ3v) is 6.35. The lowest BCUT2D eigenvalue weighted by Crippen LogP contribution is -2.31. The first-order valence-electron chi connectivity index (χ1n) is 9.12. The molecule has 6 heteroatoms. The van der Waals surface area contributed by atoms with Crippen LogP contribution in [-0.4, -0.2) is 33.7 Å². The Bertz CT molecular complexity index is 921. The summed E-state index contributed by atoms with van der Waals surface area (Å²) in [6.07, 6.45) is 4.68. The molecule has 1 fully saturated rings. The van der Waals surface area contributed by atoms with E-state index in [1.807, 2.05) is 46.8 Å². The van der Waals surface area contributed by atoms with Gasteiger partial charge in [-0.15, -0.1) is 11.3 Å². The summed E-state index contributed by atoms with van der Waals surface area (Å²) >= 11 is 7.53. The van der Waals surface area contributed by atoms with Crippen molar-refractivity contribution >= 4 is 39.1 Å². The number of halogens is 1. The predicted octanol–water partition coefficient (Wildman–Crippen LogP) is 5.12. The highest BCUT2D eigenvalue weighted by Crippen LogP contribution is 2.30. The lowest BCUT2D eigenvalue weighted by atomic mass is 10.2. The number of benzene rings is 1. The van der Waals surface area contributed by atoms with Crippen molar-refractivity contribution in [3.63, 3.8) is 0 Å². The summed E-state index contributed by atoms with van der Waals surface area (Å²) in [7, 11) is 0. The Morgan fingerprint density at radius 1 is 1.15 bits per heavy atom. The molecular formula is C20H22ClN3OS. The number of carbonyl (C=O) groups is 1. The van der Waals surface area contributed by atoms with Gasteiger partial charge in [0.2, 0.25) is 0 Å². The van der Waals surface area contributed by atoms with Crippen LogP contribution in [0, 0.1) is 6.92 Å². The maximum Gasteiger partial charge on any atom is 0.264 e. The van der Waals surface area contributed by atoms with Gasteiger partial charge in [-0.1, -0.05) is 36.6 Å². The van der Waals surface area contributed by atoms with Crippen LogP contribution in [0.1, 0.15) is 46.6 Å². The zero-order chi connectivity index (χ0) is 18.1. The van der Waals surface area contributed by atoms with E-state index in [0.717, 1.165) is 57.3 Å². The standard InChI is InChI=1S/C20H22ClN3OS/c1-14-17-12-18(19(25)23-10-4-2-3-5-11-23)26-20(17)24(22-14)13-15-6-8-16(21)9-7-15/h6-9,12H,2-5,10-11,13H2,1H3. The Morgan fingerprint density at radius 2 is 1.85 bits per heavy atom. The van der Waals surface area contributed by atoms with Gasteiger partial charge in [-0.2, -0.15) is 5.10 Å². The van der Waals surface area contributed by atoms with Crippen molar-refractivity contribution in [2.75, 3.05) is 13.1 Å². The molecule has 2 aromatic heterocycles. The SMILES string of the molecule is Cc1nn(Cc2ccc(Cl)cc2)c2sc(C(=O)N3CCCCCC3)cc12. The number of hydrogen-bond donors (Lipinski definition) is 0. The predicted molar refractivity (Wildman–Crippen MR) is 107 cm³/mol. The molecule has 1 amide bonds. The van der Waals surface area contributed by atoms with Crippen molar-refractivity contribution in [2.45, 2.75) is 39.2 Å². The summed E-state index contributed by atoms with van der Waals surface area (Å²) in [5.41, 5.74) is 2.12. The number of hydrogen-bond acceptors (Lipinski definition) is 3. The molecule has 26 heavy (non-hydrogen) atoms. The average molecular weight is 388 g/mol. The quantitative estimate of drug-likeness (QED) is 0.625. The van der Waals surface area contributed by atoms with Gasteiger partial charge in [0.1, 0.15) is 4.83 Å². The van der Waals surface area contributed by atoms with Gasteiger partial charge < -0.3 is 4.90 Å². The lowest BCUT2D eigenvalue weighted by molar-refractivity contribution is 0.0766. The molecular weight excluding hydrogens is 366 g/mol. The van der Waals surface area contributed by atoms with Gasteiger partial charge in [0.05, 0.1) is 17.1 Å². The minimum absolute atomic E-state index is 0.172. The van der Waals surface area contributed by atoms with Crippen LogP contribution in [0.3, 0.4) is 0 Å². The van der Waals surface area contributed by atoms with E-state index in [1.54, 1.807) is 11.3 Å². The van der Waals surface area contributed by atoms with E-state index in [2.05, 4.69) is 5.10 Å². The molecule has 0 unspecified atom stereocenters. The number of rotatable bonds is 3. The van der Waals surface area contributed by atoms with E-state index in [0.29, 0.717) is 6.54 Å². The minimum atomic E-state index is 0.172. The van der Waals surface area contributed by atoms with E-state index in [9.17, 15) is 4.79 Å². The summed E-state index contributed by atoms with van der Waals surface area (Å²) in [6, 6.07) is 9.85.